The van der Waals surface area contributed by atoms with Crippen LogP contribution in [0.4, 0.5) is 4.79 Å². The zero-order valence-corrected chi connectivity index (χ0v) is 14.0. The Morgan fingerprint density at radius 1 is 1.33 bits per heavy atom. The van der Waals surface area contributed by atoms with Crippen molar-refractivity contribution in [3.8, 4) is 0 Å². The highest BCUT2D eigenvalue weighted by Gasteiger charge is 2.43. The molecule has 0 aliphatic carbocycles. The minimum atomic E-state index is -0.766. The predicted octanol–water partition coefficient (Wildman–Crippen LogP) is 2.51. The second-order valence-corrected chi connectivity index (χ2v) is 7.74. The molecule has 2 heterocycles. The molecule has 6 heteroatoms. The maximum absolute atomic E-state index is 12.8. The van der Waals surface area contributed by atoms with Crippen LogP contribution < -0.4 is 0 Å². The zero-order valence-electron chi connectivity index (χ0n) is 13.2. The maximum Gasteiger partial charge on any atom is 0.320 e. The van der Waals surface area contributed by atoms with Gasteiger partial charge in [0.1, 0.15) is 0 Å². The van der Waals surface area contributed by atoms with E-state index in [2.05, 4.69) is 13.8 Å². The average molecular weight is 314 g/mol. The Hall–Kier alpha value is -0.910. The van der Waals surface area contributed by atoms with Crippen LogP contribution in [-0.2, 0) is 4.79 Å². The van der Waals surface area contributed by atoms with Crippen molar-refractivity contribution in [2.45, 2.75) is 51.3 Å². The quantitative estimate of drug-likeness (QED) is 0.851. The maximum atomic E-state index is 12.8. The Morgan fingerprint density at radius 3 is 2.67 bits per heavy atom. The molecule has 2 aliphatic rings. The normalized spacial score (nSPS) is 33.9. The topological polar surface area (TPSA) is 60.9 Å². The van der Waals surface area contributed by atoms with Crippen molar-refractivity contribution in [2.24, 2.45) is 5.41 Å². The summed E-state index contributed by atoms with van der Waals surface area (Å²) in [6.07, 6.45) is 2.02. The fraction of sp³-hybridized carbons (Fsp3) is 0.867. The summed E-state index contributed by atoms with van der Waals surface area (Å²) in [5, 5.41) is 9.97. The van der Waals surface area contributed by atoms with Crippen LogP contribution in [0.2, 0.25) is 0 Å². The average Bonchev–Trinajstić information content (AvgIpc) is 2.49. The van der Waals surface area contributed by atoms with Gasteiger partial charge in [-0.2, -0.15) is 11.8 Å². The third kappa shape index (κ3) is 3.15. The molecule has 0 saturated carbocycles. The summed E-state index contributed by atoms with van der Waals surface area (Å²) in [5.74, 6) is 0.196. The Kier molecular flexibility index (Phi) is 5.07. The molecule has 5 nitrogen and oxygen atoms in total. The zero-order chi connectivity index (χ0) is 15.6. The van der Waals surface area contributed by atoms with Gasteiger partial charge < -0.3 is 14.9 Å². The fourth-order valence-corrected chi connectivity index (χ4v) is 4.39. The minimum Gasteiger partial charge on any atom is -0.481 e. The number of urea groups is 1. The molecule has 2 aliphatic heterocycles. The standard InChI is InChI=1S/C15H26N2O3S/c1-4-15(13(18)19)6-5-7-16(10-15)14(20)17-8-9-21-12(3)11(17)2/h11-12H,4-10H2,1-3H3,(H,18,19). The van der Waals surface area contributed by atoms with Crippen LogP contribution in [-0.4, -0.2) is 63.6 Å². The summed E-state index contributed by atoms with van der Waals surface area (Å²) < 4.78 is 0. The van der Waals surface area contributed by atoms with E-state index in [9.17, 15) is 14.7 Å². The van der Waals surface area contributed by atoms with Gasteiger partial charge in [-0.3, -0.25) is 4.79 Å². The van der Waals surface area contributed by atoms with E-state index in [1.807, 2.05) is 23.6 Å². The first kappa shape index (κ1) is 16.5. The van der Waals surface area contributed by atoms with Crippen LogP contribution in [0.3, 0.4) is 0 Å². The van der Waals surface area contributed by atoms with E-state index in [1.54, 1.807) is 4.90 Å². The molecule has 0 aromatic heterocycles. The molecule has 1 N–H and O–H groups in total. The molecule has 3 atom stereocenters. The van der Waals surface area contributed by atoms with Crippen molar-refractivity contribution in [3.05, 3.63) is 0 Å². The monoisotopic (exact) mass is 314 g/mol. The summed E-state index contributed by atoms with van der Waals surface area (Å²) in [6, 6.07) is 0.229. The third-order valence-corrected chi connectivity index (χ3v) is 6.45. The highest BCUT2D eigenvalue weighted by Crippen LogP contribution is 2.35. The summed E-state index contributed by atoms with van der Waals surface area (Å²) in [7, 11) is 0. The second kappa shape index (κ2) is 6.46. The van der Waals surface area contributed by atoms with Gasteiger partial charge in [0.25, 0.3) is 0 Å². The lowest BCUT2D eigenvalue weighted by Gasteiger charge is -2.44. The van der Waals surface area contributed by atoms with Gasteiger partial charge in [-0.1, -0.05) is 13.8 Å². The van der Waals surface area contributed by atoms with Crippen LogP contribution in [0.25, 0.3) is 0 Å². The Labute approximate surface area is 131 Å². The largest absolute Gasteiger partial charge is 0.481 e. The van der Waals surface area contributed by atoms with Gasteiger partial charge in [-0.25, -0.2) is 4.79 Å². The van der Waals surface area contributed by atoms with E-state index in [4.69, 9.17) is 0 Å². The van der Waals surface area contributed by atoms with Crippen LogP contribution >= 0.6 is 11.8 Å². The van der Waals surface area contributed by atoms with Crippen molar-refractivity contribution >= 4 is 23.8 Å². The molecular weight excluding hydrogens is 288 g/mol. The lowest BCUT2D eigenvalue weighted by molar-refractivity contribution is -0.152. The highest BCUT2D eigenvalue weighted by molar-refractivity contribution is 8.00. The first-order valence-electron chi connectivity index (χ1n) is 7.82. The molecule has 0 aromatic rings. The smallest absolute Gasteiger partial charge is 0.320 e. The Bertz CT molecular complexity index is 418. The van der Waals surface area contributed by atoms with Gasteiger partial charge >= 0.3 is 12.0 Å². The van der Waals surface area contributed by atoms with E-state index in [0.29, 0.717) is 31.2 Å². The van der Waals surface area contributed by atoms with Gasteiger partial charge in [-0.15, -0.1) is 0 Å². The van der Waals surface area contributed by atoms with E-state index in [1.165, 1.54) is 0 Å². The molecule has 0 bridgehead atoms. The van der Waals surface area contributed by atoms with Gasteiger partial charge in [0.2, 0.25) is 0 Å². The van der Waals surface area contributed by atoms with E-state index in [0.717, 1.165) is 18.7 Å². The van der Waals surface area contributed by atoms with Gasteiger partial charge in [0.05, 0.1) is 5.41 Å². The summed E-state index contributed by atoms with van der Waals surface area (Å²) in [6.45, 7) is 7.94. The van der Waals surface area contributed by atoms with E-state index < -0.39 is 11.4 Å². The molecule has 2 fully saturated rings. The first-order chi connectivity index (χ1) is 9.91. The predicted molar refractivity (Wildman–Crippen MR) is 84.7 cm³/mol. The molecule has 2 amide bonds. The molecular formula is C15H26N2O3S. The van der Waals surface area contributed by atoms with E-state index >= 15 is 0 Å². The molecule has 3 unspecified atom stereocenters. The molecule has 120 valence electrons. The summed E-state index contributed by atoms with van der Waals surface area (Å²) in [4.78, 5) is 28.1. The van der Waals surface area contributed by atoms with Crippen LogP contribution in [0, 0.1) is 5.41 Å². The number of carbonyl (C=O) groups is 2. The summed E-state index contributed by atoms with van der Waals surface area (Å²) in [5.41, 5.74) is -0.757. The number of hydrogen-bond donors (Lipinski definition) is 1. The van der Waals surface area contributed by atoms with Crippen molar-refractivity contribution < 1.29 is 14.7 Å². The van der Waals surface area contributed by atoms with Crippen molar-refractivity contribution in [1.82, 2.24) is 9.80 Å². The Morgan fingerprint density at radius 2 is 2.05 bits per heavy atom. The number of carbonyl (C=O) groups excluding carboxylic acids is 1. The lowest BCUT2D eigenvalue weighted by atomic mass is 9.78. The molecule has 0 spiro atoms. The highest BCUT2D eigenvalue weighted by atomic mass is 32.2. The van der Waals surface area contributed by atoms with Gasteiger partial charge in [0, 0.05) is 36.7 Å². The summed E-state index contributed by atoms with van der Waals surface area (Å²) >= 11 is 1.90. The molecule has 0 radical (unpaired) electrons. The SMILES string of the molecule is CCC1(C(=O)O)CCCN(C(=O)N2CCSC(C)C2C)C1. The lowest BCUT2D eigenvalue weighted by Crippen LogP contribution is -2.57. The van der Waals surface area contributed by atoms with Crippen LogP contribution in [0.5, 0.6) is 0 Å². The van der Waals surface area contributed by atoms with Crippen LogP contribution in [0.1, 0.15) is 40.0 Å². The molecule has 21 heavy (non-hydrogen) atoms. The minimum absolute atomic E-state index is 0.0217. The number of amides is 2. The molecule has 2 saturated heterocycles. The number of likely N-dealkylation sites (tertiary alicyclic amines) is 1. The number of rotatable bonds is 2. The fourth-order valence-electron chi connectivity index (χ4n) is 3.29. The first-order valence-corrected chi connectivity index (χ1v) is 8.86. The van der Waals surface area contributed by atoms with Gasteiger partial charge in [-0.05, 0) is 26.2 Å². The van der Waals surface area contributed by atoms with Gasteiger partial charge in [0.15, 0.2) is 0 Å². The van der Waals surface area contributed by atoms with Crippen molar-refractivity contribution in [3.63, 3.8) is 0 Å². The number of carboxylic acids is 1. The number of thioether (sulfide) groups is 1. The third-order valence-electron chi connectivity index (χ3n) is 5.11. The Balaban J connectivity index is 2.10. The van der Waals surface area contributed by atoms with E-state index in [-0.39, 0.29) is 12.1 Å². The van der Waals surface area contributed by atoms with Crippen molar-refractivity contribution in [2.75, 3.05) is 25.4 Å². The van der Waals surface area contributed by atoms with Crippen molar-refractivity contribution in [1.29, 1.82) is 0 Å². The molecule has 0 aromatic carbocycles. The number of aliphatic carboxylic acids is 1. The molecule has 2 rings (SSSR count). The number of carboxylic acid groups (broad SMARTS) is 1. The number of piperidine rings is 1. The number of hydrogen-bond acceptors (Lipinski definition) is 3. The van der Waals surface area contributed by atoms with Crippen LogP contribution in [0.15, 0.2) is 0 Å². The second-order valence-electron chi connectivity index (χ2n) is 6.26. The number of nitrogens with zero attached hydrogens (tertiary/aromatic N) is 2.